The third-order valence-electron chi connectivity index (χ3n) is 3.03. The van der Waals surface area contributed by atoms with E-state index in [-0.39, 0.29) is 0 Å². The zero-order valence-corrected chi connectivity index (χ0v) is 12.3. The summed E-state index contributed by atoms with van der Waals surface area (Å²) in [6.45, 7) is 3.91. The van der Waals surface area contributed by atoms with Gasteiger partial charge in [0.05, 0.1) is 5.69 Å². The molecule has 19 heavy (non-hydrogen) atoms. The number of halogens is 2. The Kier molecular flexibility index (Phi) is 4.46. The highest BCUT2D eigenvalue weighted by Crippen LogP contribution is 2.29. The van der Waals surface area contributed by atoms with Gasteiger partial charge in [0.1, 0.15) is 6.10 Å². The van der Waals surface area contributed by atoms with E-state index in [1.54, 1.807) is 24.4 Å². The van der Waals surface area contributed by atoms with Crippen LogP contribution in [0.3, 0.4) is 0 Å². The highest BCUT2D eigenvalue weighted by molar-refractivity contribution is 6.35. The van der Waals surface area contributed by atoms with E-state index in [9.17, 15) is 5.11 Å². The summed E-state index contributed by atoms with van der Waals surface area (Å²) in [6, 6.07) is 7.32. The van der Waals surface area contributed by atoms with Gasteiger partial charge in [0.2, 0.25) is 0 Å². The van der Waals surface area contributed by atoms with Crippen molar-refractivity contribution in [2.24, 2.45) is 0 Å². The quantitative estimate of drug-likeness (QED) is 0.917. The maximum absolute atomic E-state index is 10.3. The molecule has 1 unspecified atom stereocenters. The van der Waals surface area contributed by atoms with Crippen LogP contribution in [-0.4, -0.2) is 10.1 Å². The minimum absolute atomic E-state index is 0.357. The number of benzene rings is 1. The molecule has 0 saturated carbocycles. The van der Waals surface area contributed by atoms with Crippen LogP contribution in [0.2, 0.25) is 10.0 Å². The molecule has 0 amide bonds. The molecule has 0 saturated heterocycles. The van der Waals surface area contributed by atoms with Gasteiger partial charge in [-0.15, -0.1) is 0 Å². The summed E-state index contributed by atoms with van der Waals surface area (Å²) in [4.78, 5) is 4.30. The highest BCUT2D eigenvalue weighted by atomic mass is 35.5. The zero-order chi connectivity index (χ0) is 14.0. The SMILES string of the molecule is Cc1cnc(C(O)Cc2c(Cl)cccc2Cl)c(C)c1. The van der Waals surface area contributed by atoms with E-state index >= 15 is 0 Å². The number of rotatable bonds is 3. The van der Waals surface area contributed by atoms with Gasteiger partial charge in [-0.05, 0) is 42.7 Å². The summed E-state index contributed by atoms with van der Waals surface area (Å²) in [5.41, 5.74) is 3.46. The van der Waals surface area contributed by atoms with Crippen molar-refractivity contribution in [2.45, 2.75) is 26.4 Å². The predicted molar refractivity (Wildman–Crippen MR) is 78.8 cm³/mol. The summed E-state index contributed by atoms with van der Waals surface area (Å²) in [5, 5.41) is 11.4. The molecule has 2 aromatic rings. The molecule has 1 aromatic carbocycles. The van der Waals surface area contributed by atoms with Crippen molar-refractivity contribution in [3.05, 3.63) is 62.9 Å². The molecule has 100 valence electrons. The molecule has 0 aliphatic heterocycles. The third-order valence-corrected chi connectivity index (χ3v) is 3.74. The van der Waals surface area contributed by atoms with Crippen LogP contribution in [0.15, 0.2) is 30.5 Å². The van der Waals surface area contributed by atoms with Crippen LogP contribution in [-0.2, 0) is 6.42 Å². The molecule has 1 atom stereocenters. The van der Waals surface area contributed by atoms with Crippen molar-refractivity contribution in [1.29, 1.82) is 0 Å². The van der Waals surface area contributed by atoms with Gasteiger partial charge in [0, 0.05) is 22.7 Å². The van der Waals surface area contributed by atoms with Gasteiger partial charge >= 0.3 is 0 Å². The number of hydrogen-bond acceptors (Lipinski definition) is 2. The average Bonchev–Trinajstić information content (AvgIpc) is 2.33. The van der Waals surface area contributed by atoms with E-state index in [1.807, 2.05) is 19.9 Å². The van der Waals surface area contributed by atoms with Crippen molar-refractivity contribution in [1.82, 2.24) is 4.98 Å². The van der Waals surface area contributed by atoms with Gasteiger partial charge in [-0.25, -0.2) is 0 Å². The first-order valence-corrected chi connectivity index (χ1v) is 6.78. The fourth-order valence-corrected chi connectivity index (χ4v) is 2.64. The number of aliphatic hydroxyl groups is 1. The molecular weight excluding hydrogens is 281 g/mol. The standard InChI is InChI=1S/C15H15Cl2NO/c1-9-6-10(2)15(18-8-9)14(19)7-11-12(16)4-3-5-13(11)17/h3-6,8,14,19H,7H2,1-2H3. The van der Waals surface area contributed by atoms with Crippen LogP contribution >= 0.6 is 23.2 Å². The fraction of sp³-hybridized carbons (Fsp3) is 0.267. The lowest BCUT2D eigenvalue weighted by atomic mass is 10.0. The maximum Gasteiger partial charge on any atom is 0.100 e. The minimum atomic E-state index is -0.710. The van der Waals surface area contributed by atoms with E-state index in [2.05, 4.69) is 4.98 Å². The zero-order valence-electron chi connectivity index (χ0n) is 10.8. The van der Waals surface area contributed by atoms with Crippen LogP contribution in [0.4, 0.5) is 0 Å². The third kappa shape index (κ3) is 3.27. The Hall–Kier alpha value is -1.09. The number of nitrogens with zero attached hydrogens (tertiary/aromatic N) is 1. The second-order valence-corrected chi connectivity index (χ2v) is 5.45. The smallest absolute Gasteiger partial charge is 0.100 e. The first-order chi connectivity index (χ1) is 8.99. The maximum atomic E-state index is 10.3. The van der Waals surface area contributed by atoms with Crippen molar-refractivity contribution < 1.29 is 5.11 Å². The molecule has 1 aromatic heterocycles. The molecule has 0 aliphatic carbocycles. The summed E-state index contributed by atoms with van der Waals surface area (Å²) < 4.78 is 0. The van der Waals surface area contributed by atoms with E-state index < -0.39 is 6.10 Å². The van der Waals surface area contributed by atoms with E-state index in [4.69, 9.17) is 23.2 Å². The molecule has 0 bridgehead atoms. The lowest BCUT2D eigenvalue weighted by Crippen LogP contribution is -2.07. The fourth-order valence-electron chi connectivity index (χ4n) is 2.09. The predicted octanol–water partition coefficient (Wildman–Crippen LogP) is 4.28. The molecule has 4 heteroatoms. The van der Waals surface area contributed by atoms with Crippen molar-refractivity contribution in [3.63, 3.8) is 0 Å². The molecule has 0 aliphatic rings. The molecule has 0 radical (unpaired) electrons. The number of hydrogen-bond donors (Lipinski definition) is 1. The van der Waals surface area contributed by atoms with Gasteiger partial charge in [-0.1, -0.05) is 35.3 Å². The Labute approximate surface area is 123 Å². The van der Waals surface area contributed by atoms with Gasteiger partial charge in [0.15, 0.2) is 0 Å². The molecule has 1 heterocycles. The largest absolute Gasteiger partial charge is 0.386 e. The number of pyridine rings is 1. The molecule has 2 rings (SSSR count). The van der Waals surface area contributed by atoms with Crippen LogP contribution in [0, 0.1) is 13.8 Å². The first-order valence-electron chi connectivity index (χ1n) is 6.03. The summed E-state index contributed by atoms with van der Waals surface area (Å²) >= 11 is 12.2. The molecule has 2 nitrogen and oxygen atoms in total. The Bertz CT molecular complexity index is 578. The number of aromatic nitrogens is 1. The highest BCUT2D eigenvalue weighted by Gasteiger charge is 2.16. The second-order valence-electron chi connectivity index (χ2n) is 4.63. The Balaban J connectivity index is 2.28. The minimum Gasteiger partial charge on any atom is -0.386 e. The second kappa shape index (κ2) is 5.91. The summed E-state index contributed by atoms with van der Waals surface area (Å²) in [5.74, 6) is 0. The van der Waals surface area contributed by atoms with Gasteiger partial charge in [0.25, 0.3) is 0 Å². The van der Waals surface area contributed by atoms with Gasteiger partial charge in [-0.3, -0.25) is 4.98 Å². The first kappa shape index (κ1) is 14.3. The van der Waals surface area contributed by atoms with Crippen LogP contribution in [0.1, 0.15) is 28.5 Å². The van der Waals surface area contributed by atoms with Gasteiger partial charge < -0.3 is 5.11 Å². The Morgan fingerprint density at radius 2 is 1.84 bits per heavy atom. The normalized spacial score (nSPS) is 12.5. The lowest BCUT2D eigenvalue weighted by Gasteiger charge is -2.15. The van der Waals surface area contributed by atoms with Crippen molar-refractivity contribution >= 4 is 23.2 Å². The van der Waals surface area contributed by atoms with Crippen molar-refractivity contribution in [3.8, 4) is 0 Å². The van der Waals surface area contributed by atoms with Crippen LogP contribution < -0.4 is 0 Å². The van der Waals surface area contributed by atoms with E-state index in [1.165, 1.54) is 0 Å². The van der Waals surface area contributed by atoms with Crippen LogP contribution in [0.25, 0.3) is 0 Å². The monoisotopic (exact) mass is 295 g/mol. The Morgan fingerprint density at radius 1 is 1.21 bits per heavy atom. The van der Waals surface area contributed by atoms with E-state index in [0.29, 0.717) is 22.2 Å². The van der Waals surface area contributed by atoms with Crippen molar-refractivity contribution in [2.75, 3.05) is 0 Å². The molecular formula is C15H15Cl2NO. The van der Waals surface area contributed by atoms with Gasteiger partial charge in [-0.2, -0.15) is 0 Å². The topological polar surface area (TPSA) is 33.1 Å². The van der Waals surface area contributed by atoms with Crippen LogP contribution in [0.5, 0.6) is 0 Å². The molecule has 0 spiro atoms. The average molecular weight is 296 g/mol. The summed E-state index contributed by atoms with van der Waals surface area (Å²) in [7, 11) is 0. The lowest BCUT2D eigenvalue weighted by molar-refractivity contribution is 0.173. The number of aliphatic hydroxyl groups excluding tert-OH is 1. The Morgan fingerprint density at radius 3 is 2.42 bits per heavy atom. The number of aryl methyl sites for hydroxylation is 2. The van der Waals surface area contributed by atoms with E-state index in [0.717, 1.165) is 16.7 Å². The molecule has 1 N–H and O–H groups in total. The molecule has 0 fully saturated rings. The summed E-state index contributed by atoms with van der Waals surface area (Å²) in [6.07, 6.45) is 1.40.